The number of nitrogens with one attached hydrogen (secondary N) is 1. The molecular weight excluding hydrogens is 236 g/mol. The number of carbonyl (C=O) groups excluding carboxylic acids is 1. The molecule has 0 aromatic carbocycles. The Morgan fingerprint density at radius 2 is 2.24 bits per heavy atom. The summed E-state index contributed by atoms with van der Waals surface area (Å²) < 4.78 is 5.42. The fraction of sp³-hybridized carbons (Fsp3) is 0.667. The van der Waals surface area contributed by atoms with Crippen molar-refractivity contribution < 1.29 is 9.53 Å². The van der Waals surface area contributed by atoms with Gasteiger partial charge in [-0.2, -0.15) is 0 Å². The number of hydrogen-bond donors (Lipinski definition) is 1. The first-order valence-electron chi connectivity index (χ1n) is 5.77. The van der Waals surface area contributed by atoms with E-state index in [2.05, 4.69) is 5.32 Å². The second kappa shape index (κ2) is 3.98. The third-order valence-corrected chi connectivity index (χ3v) is 3.31. The quantitative estimate of drug-likeness (QED) is 0.529. The van der Waals surface area contributed by atoms with Gasteiger partial charge in [0.2, 0.25) is 0 Å². The van der Waals surface area contributed by atoms with E-state index in [0.29, 0.717) is 11.5 Å². The standard InChI is InChI=1S/C12H18N2O2S/c1-7-5-8-10(17)13-6-9(7)14(8)11(15)16-12(2,3)4/h5,8-9H,6H2,1-4H3,(H,13,17). The Hall–Kier alpha value is -1.10. The summed E-state index contributed by atoms with van der Waals surface area (Å²) >= 11 is 5.24. The first-order valence-corrected chi connectivity index (χ1v) is 6.18. The number of rotatable bonds is 0. The average molecular weight is 254 g/mol. The fourth-order valence-corrected chi connectivity index (χ4v) is 2.44. The van der Waals surface area contributed by atoms with Crippen molar-refractivity contribution >= 4 is 23.3 Å². The van der Waals surface area contributed by atoms with Crippen LogP contribution in [0.25, 0.3) is 0 Å². The smallest absolute Gasteiger partial charge is 0.411 e. The summed E-state index contributed by atoms with van der Waals surface area (Å²) in [6, 6.07) is -0.0693. The van der Waals surface area contributed by atoms with Crippen LogP contribution < -0.4 is 5.32 Å². The molecule has 0 aromatic rings. The second-order valence-electron chi connectivity index (χ2n) is 5.50. The third kappa shape index (κ3) is 2.29. The van der Waals surface area contributed by atoms with E-state index in [4.69, 9.17) is 17.0 Å². The van der Waals surface area contributed by atoms with Crippen LogP contribution in [-0.4, -0.2) is 40.2 Å². The van der Waals surface area contributed by atoms with E-state index in [1.165, 1.54) is 5.57 Å². The van der Waals surface area contributed by atoms with Gasteiger partial charge in [0.25, 0.3) is 0 Å². The van der Waals surface area contributed by atoms with Gasteiger partial charge in [-0.15, -0.1) is 0 Å². The molecule has 5 heteroatoms. The van der Waals surface area contributed by atoms with Crippen molar-refractivity contribution in [2.45, 2.75) is 45.4 Å². The van der Waals surface area contributed by atoms with Crippen molar-refractivity contribution in [2.75, 3.05) is 6.54 Å². The minimum absolute atomic E-state index is 0.0709. The topological polar surface area (TPSA) is 41.6 Å². The minimum Gasteiger partial charge on any atom is -0.444 e. The summed E-state index contributed by atoms with van der Waals surface area (Å²) in [4.78, 5) is 14.6. The predicted molar refractivity (Wildman–Crippen MR) is 70.0 cm³/mol. The maximum absolute atomic E-state index is 12.1. The predicted octanol–water partition coefficient (Wildman–Crippen LogP) is 1.85. The molecule has 0 radical (unpaired) electrons. The zero-order valence-electron chi connectivity index (χ0n) is 10.6. The summed E-state index contributed by atoms with van der Waals surface area (Å²) in [6.07, 6.45) is 1.75. The van der Waals surface area contributed by atoms with Crippen LogP contribution in [0.15, 0.2) is 11.6 Å². The van der Waals surface area contributed by atoms with Crippen LogP contribution in [-0.2, 0) is 4.74 Å². The number of nitrogens with zero attached hydrogens (tertiary/aromatic N) is 1. The highest BCUT2D eigenvalue weighted by Gasteiger charge is 2.43. The van der Waals surface area contributed by atoms with Crippen molar-refractivity contribution in [1.82, 2.24) is 10.2 Å². The highest BCUT2D eigenvalue weighted by molar-refractivity contribution is 7.80. The van der Waals surface area contributed by atoms with E-state index >= 15 is 0 Å². The van der Waals surface area contributed by atoms with Crippen LogP contribution in [0.1, 0.15) is 27.7 Å². The lowest BCUT2D eigenvalue weighted by Gasteiger charge is -2.37. The molecule has 0 spiro atoms. The SMILES string of the molecule is CC1=CC2C(=S)NCC1N2C(=O)OC(C)(C)C. The lowest BCUT2D eigenvalue weighted by Crippen LogP contribution is -2.58. The van der Waals surface area contributed by atoms with Gasteiger partial charge in [-0.1, -0.05) is 23.9 Å². The van der Waals surface area contributed by atoms with Gasteiger partial charge in [-0.05, 0) is 27.7 Å². The molecule has 0 aliphatic carbocycles. The van der Waals surface area contributed by atoms with Gasteiger partial charge in [0.1, 0.15) is 16.6 Å². The van der Waals surface area contributed by atoms with Crippen LogP contribution in [0, 0.1) is 0 Å². The van der Waals surface area contributed by atoms with Gasteiger partial charge in [0, 0.05) is 6.54 Å². The molecule has 1 fully saturated rings. The maximum Gasteiger partial charge on any atom is 0.411 e. The number of fused-ring (bicyclic) bond motifs is 2. The molecular formula is C12H18N2O2S. The number of thiocarbonyl (C=S) groups is 1. The molecule has 2 atom stereocenters. The van der Waals surface area contributed by atoms with E-state index < -0.39 is 5.60 Å². The maximum atomic E-state index is 12.1. The summed E-state index contributed by atoms with van der Waals surface area (Å²) in [7, 11) is 0. The third-order valence-electron chi connectivity index (χ3n) is 2.92. The molecule has 2 heterocycles. The Morgan fingerprint density at radius 3 is 2.82 bits per heavy atom. The zero-order valence-corrected chi connectivity index (χ0v) is 11.4. The Labute approximate surface area is 107 Å². The number of ether oxygens (including phenoxy) is 1. The van der Waals surface area contributed by atoms with Crippen LogP contribution in [0.5, 0.6) is 0 Å². The molecule has 2 rings (SSSR count). The highest BCUT2D eigenvalue weighted by Crippen LogP contribution is 2.29. The van der Waals surface area contributed by atoms with Crippen molar-refractivity contribution in [2.24, 2.45) is 0 Å². The van der Waals surface area contributed by atoms with E-state index in [0.717, 1.165) is 0 Å². The van der Waals surface area contributed by atoms with Crippen LogP contribution >= 0.6 is 12.2 Å². The molecule has 2 bridgehead atoms. The Bertz CT molecular complexity index is 398. The van der Waals surface area contributed by atoms with Crippen molar-refractivity contribution in [3.8, 4) is 0 Å². The summed E-state index contributed by atoms with van der Waals surface area (Å²) in [5, 5.41) is 3.15. The van der Waals surface area contributed by atoms with Crippen molar-refractivity contribution in [1.29, 1.82) is 0 Å². The number of hydrogen-bond acceptors (Lipinski definition) is 3. The normalized spacial score (nSPS) is 27.6. The highest BCUT2D eigenvalue weighted by atomic mass is 32.1. The number of carbonyl (C=O) groups is 1. The molecule has 2 unspecified atom stereocenters. The van der Waals surface area contributed by atoms with Gasteiger partial charge in [0.15, 0.2) is 0 Å². The lowest BCUT2D eigenvalue weighted by atomic mass is 10.1. The fourth-order valence-electron chi connectivity index (χ4n) is 2.17. The monoisotopic (exact) mass is 254 g/mol. The molecule has 0 saturated carbocycles. The van der Waals surface area contributed by atoms with Gasteiger partial charge in [-0.25, -0.2) is 4.79 Å². The molecule has 94 valence electrons. The van der Waals surface area contributed by atoms with Crippen LogP contribution in [0.4, 0.5) is 4.79 Å². The van der Waals surface area contributed by atoms with E-state index in [9.17, 15) is 4.79 Å². The van der Waals surface area contributed by atoms with Crippen molar-refractivity contribution in [3.63, 3.8) is 0 Å². The molecule has 2 aliphatic heterocycles. The summed E-state index contributed by atoms with van der Waals surface area (Å²) in [5.41, 5.74) is 0.699. The summed E-state index contributed by atoms with van der Waals surface area (Å²) in [6.45, 7) is 8.31. The molecule has 0 aromatic heterocycles. The Balaban J connectivity index is 2.18. The van der Waals surface area contributed by atoms with Gasteiger partial charge in [-0.3, -0.25) is 4.90 Å². The Kier molecular flexibility index (Phi) is 2.89. The molecule has 1 saturated heterocycles. The van der Waals surface area contributed by atoms with Crippen LogP contribution in [0.3, 0.4) is 0 Å². The van der Waals surface area contributed by atoms with E-state index in [-0.39, 0.29) is 18.2 Å². The van der Waals surface area contributed by atoms with Crippen molar-refractivity contribution in [3.05, 3.63) is 11.6 Å². The van der Waals surface area contributed by atoms with E-state index in [1.807, 2.05) is 33.8 Å². The van der Waals surface area contributed by atoms with Gasteiger partial charge in [0.05, 0.1) is 6.04 Å². The zero-order chi connectivity index (χ0) is 12.8. The Morgan fingerprint density at radius 1 is 1.59 bits per heavy atom. The number of amides is 1. The summed E-state index contributed by atoms with van der Waals surface area (Å²) in [5.74, 6) is 0. The molecule has 1 amide bonds. The largest absolute Gasteiger partial charge is 0.444 e. The molecule has 4 nitrogen and oxygen atoms in total. The average Bonchev–Trinajstić information content (AvgIpc) is 2.42. The first kappa shape index (κ1) is 12.4. The van der Waals surface area contributed by atoms with Crippen LogP contribution in [0.2, 0.25) is 0 Å². The molecule has 1 N–H and O–H groups in total. The van der Waals surface area contributed by atoms with Gasteiger partial charge >= 0.3 is 6.09 Å². The minimum atomic E-state index is -0.475. The molecule has 17 heavy (non-hydrogen) atoms. The lowest BCUT2D eigenvalue weighted by molar-refractivity contribution is 0.0190. The van der Waals surface area contributed by atoms with E-state index in [1.54, 1.807) is 4.90 Å². The first-order chi connectivity index (χ1) is 7.79. The van der Waals surface area contributed by atoms with Gasteiger partial charge < -0.3 is 10.1 Å². The molecule has 2 aliphatic rings. The number of piperazine rings is 1. The second-order valence-corrected chi connectivity index (χ2v) is 5.94.